The van der Waals surface area contributed by atoms with Crippen molar-refractivity contribution in [3.63, 3.8) is 0 Å². The van der Waals surface area contributed by atoms with E-state index in [1.54, 1.807) is 0 Å². The molecule has 0 spiro atoms. The van der Waals surface area contributed by atoms with Gasteiger partial charge < -0.3 is 4.74 Å². The van der Waals surface area contributed by atoms with Crippen molar-refractivity contribution in [3.05, 3.63) is 12.7 Å². The normalized spacial score (nSPS) is 38.2. The van der Waals surface area contributed by atoms with Crippen molar-refractivity contribution >= 4 is 5.97 Å². The van der Waals surface area contributed by atoms with Gasteiger partial charge in [-0.3, -0.25) is 0 Å². The van der Waals surface area contributed by atoms with Crippen molar-refractivity contribution in [2.24, 2.45) is 5.92 Å². The van der Waals surface area contributed by atoms with Gasteiger partial charge in [-0.25, -0.2) is 4.79 Å². The third kappa shape index (κ3) is 1.15. The number of ether oxygens (including phenoxy) is 1. The highest BCUT2D eigenvalue weighted by Gasteiger charge is 2.49. The van der Waals surface area contributed by atoms with Crippen LogP contribution in [-0.4, -0.2) is 11.6 Å². The van der Waals surface area contributed by atoms with E-state index in [1.165, 1.54) is 18.9 Å². The van der Waals surface area contributed by atoms with Gasteiger partial charge in [0, 0.05) is 6.08 Å². The standard InChI is InChI=1S/C10H14O2/c1-2-9(11)12-10-5-3-4-8(6-10)7-10/h2,8H,1,3-7H2. The number of hydrogen-bond acceptors (Lipinski definition) is 2. The van der Waals surface area contributed by atoms with Gasteiger partial charge in [-0.1, -0.05) is 13.0 Å². The van der Waals surface area contributed by atoms with Crippen molar-refractivity contribution < 1.29 is 9.53 Å². The Kier molecular flexibility index (Phi) is 1.71. The second-order valence-corrected chi connectivity index (χ2v) is 3.97. The Morgan fingerprint density at radius 1 is 1.58 bits per heavy atom. The van der Waals surface area contributed by atoms with Crippen molar-refractivity contribution in [2.45, 2.75) is 37.7 Å². The lowest BCUT2D eigenvalue weighted by atomic mass is 9.62. The van der Waals surface area contributed by atoms with E-state index in [2.05, 4.69) is 6.58 Å². The number of hydrogen-bond donors (Lipinski definition) is 0. The maximum atomic E-state index is 11.0. The van der Waals surface area contributed by atoms with Crippen LogP contribution in [0.25, 0.3) is 0 Å². The molecule has 0 unspecified atom stereocenters. The first-order valence-electron chi connectivity index (χ1n) is 4.59. The highest BCUT2D eigenvalue weighted by molar-refractivity contribution is 5.81. The average molecular weight is 166 g/mol. The monoisotopic (exact) mass is 166 g/mol. The lowest BCUT2D eigenvalue weighted by molar-refractivity contribution is -0.179. The molecule has 3 aliphatic carbocycles. The van der Waals surface area contributed by atoms with E-state index < -0.39 is 0 Å². The molecule has 0 aliphatic heterocycles. The summed E-state index contributed by atoms with van der Waals surface area (Å²) in [6.07, 6.45) is 7.04. The number of carbonyl (C=O) groups is 1. The first kappa shape index (κ1) is 7.84. The molecule has 3 fully saturated rings. The van der Waals surface area contributed by atoms with Crippen LogP contribution < -0.4 is 0 Å². The Hall–Kier alpha value is -0.790. The van der Waals surface area contributed by atoms with E-state index in [1.807, 2.05) is 0 Å². The molecule has 66 valence electrons. The van der Waals surface area contributed by atoms with E-state index in [4.69, 9.17) is 4.74 Å². The quantitative estimate of drug-likeness (QED) is 0.463. The lowest BCUT2D eigenvalue weighted by Gasteiger charge is -2.51. The fraction of sp³-hybridized carbons (Fsp3) is 0.700. The highest BCUT2D eigenvalue weighted by atomic mass is 16.6. The maximum absolute atomic E-state index is 11.0. The zero-order chi connectivity index (χ0) is 8.60. The summed E-state index contributed by atoms with van der Waals surface area (Å²) < 4.78 is 5.34. The molecule has 12 heavy (non-hydrogen) atoms. The molecule has 0 radical (unpaired) electrons. The van der Waals surface area contributed by atoms with Crippen LogP contribution in [0.2, 0.25) is 0 Å². The molecule has 0 aromatic rings. The molecule has 2 nitrogen and oxygen atoms in total. The molecule has 2 bridgehead atoms. The van der Waals surface area contributed by atoms with Gasteiger partial charge in [-0.2, -0.15) is 0 Å². The molecule has 0 amide bonds. The predicted molar refractivity (Wildman–Crippen MR) is 45.6 cm³/mol. The molecule has 0 aromatic heterocycles. The van der Waals surface area contributed by atoms with Crippen molar-refractivity contribution in [3.8, 4) is 0 Å². The summed E-state index contributed by atoms with van der Waals surface area (Å²) in [6, 6.07) is 0. The minimum atomic E-state index is -0.254. The van der Waals surface area contributed by atoms with Crippen molar-refractivity contribution in [2.75, 3.05) is 0 Å². The highest BCUT2D eigenvalue weighted by Crippen LogP contribution is 2.51. The van der Waals surface area contributed by atoms with E-state index in [-0.39, 0.29) is 11.6 Å². The molecule has 0 aromatic carbocycles. The molecule has 3 saturated carbocycles. The smallest absolute Gasteiger partial charge is 0.330 e. The summed E-state index contributed by atoms with van der Waals surface area (Å²) >= 11 is 0. The van der Waals surface area contributed by atoms with Gasteiger partial charge in [0.1, 0.15) is 5.60 Å². The van der Waals surface area contributed by atoms with Crippen LogP contribution in [0, 0.1) is 5.92 Å². The van der Waals surface area contributed by atoms with Crippen LogP contribution in [0.1, 0.15) is 32.1 Å². The topological polar surface area (TPSA) is 26.3 Å². The number of fused-ring (bicyclic) bond motifs is 2. The summed E-state index contributed by atoms with van der Waals surface area (Å²) in [5, 5.41) is 0. The summed E-state index contributed by atoms with van der Waals surface area (Å²) in [5.74, 6) is 0.576. The Bertz CT molecular complexity index is 208. The molecule has 0 saturated heterocycles. The largest absolute Gasteiger partial charge is 0.456 e. The van der Waals surface area contributed by atoms with Gasteiger partial charge in [-0.15, -0.1) is 0 Å². The van der Waals surface area contributed by atoms with Crippen LogP contribution in [0.15, 0.2) is 12.7 Å². The summed E-state index contributed by atoms with van der Waals surface area (Å²) in [7, 11) is 0. The molecule has 3 rings (SSSR count). The van der Waals surface area contributed by atoms with E-state index in [0.29, 0.717) is 0 Å². The van der Waals surface area contributed by atoms with E-state index >= 15 is 0 Å². The Morgan fingerprint density at radius 2 is 2.33 bits per heavy atom. The molecular formula is C10H14O2. The van der Waals surface area contributed by atoms with Crippen LogP contribution >= 0.6 is 0 Å². The van der Waals surface area contributed by atoms with Gasteiger partial charge >= 0.3 is 5.97 Å². The molecular weight excluding hydrogens is 152 g/mol. The zero-order valence-electron chi connectivity index (χ0n) is 7.21. The van der Waals surface area contributed by atoms with Crippen LogP contribution in [0.5, 0.6) is 0 Å². The van der Waals surface area contributed by atoms with Gasteiger partial charge in [0.05, 0.1) is 0 Å². The second-order valence-electron chi connectivity index (χ2n) is 3.97. The van der Waals surface area contributed by atoms with Crippen molar-refractivity contribution in [1.82, 2.24) is 0 Å². The van der Waals surface area contributed by atoms with Gasteiger partial charge in [0.15, 0.2) is 0 Å². The third-order valence-corrected chi connectivity index (χ3v) is 3.05. The van der Waals surface area contributed by atoms with Crippen LogP contribution in [0.4, 0.5) is 0 Å². The fourth-order valence-electron chi connectivity index (χ4n) is 2.50. The first-order chi connectivity index (χ1) is 5.74. The summed E-state index contributed by atoms with van der Waals surface area (Å²) in [4.78, 5) is 11.0. The summed E-state index contributed by atoms with van der Waals surface area (Å²) in [5.41, 5.74) is -0.0752. The SMILES string of the molecule is C=CC(=O)OC12CCCC(C1)C2. The van der Waals surface area contributed by atoms with Crippen LogP contribution in [0.3, 0.4) is 0 Å². The third-order valence-electron chi connectivity index (χ3n) is 3.05. The molecule has 2 heteroatoms. The van der Waals surface area contributed by atoms with Crippen LogP contribution in [-0.2, 0) is 9.53 Å². The second kappa shape index (κ2) is 2.61. The molecule has 0 N–H and O–H groups in total. The maximum Gasteiger partial charge on any atom is 0.330 e. The number of esters is 1. The van der Waals surface area contributed by atoms with Crippen molar-refractivity contribution in [1.29, 1.82) is 0 Å². The van der Waals surface area contributed by atoms with Gasteiger partial charge in [-0.05, 0) is 31.6 Å². The zero-order valence-corrected chi connectivity index (χ0v) is 7.21. The molecule has 0 heterocycles. The molecule has 0 atom stereocenters. The lowest BCUT2D eigenvalue weighted by Crippen LogP contribution is -2.50. The van der Waals surface area contributed by atoms with E-state index in [0.717, 1.165) is 25.2 Å². The Balaban J connectivity index is 1.95. The number of carbonyl (C=O) groups excluding carboxylic acids is 1. The van der Waals surface area contributed by atoms with E-state index in [9.17, 15) is 4.79 Å². The van der Waals surface area contributed by atoms with Gasteiger partial charge in [0.25, 0.3) is 0 Å². The Labute approximate surface area is 72.6 Å². The predicted octanol–water partition coefficient (Wildman–Crippen LogP) is 2.05. The van der Waals surface area contributed by atoms with Gasteiger partial charge in [0.2, 0.25) is 0 Å². The minimum Gasteiger partial charge on any atom is -0.456 e. The average Bonchev–Trinajstić information content (AvgIpc) is 2.03. The number of rotatable bonds is 2. The first-order valence-corrected chi connectivity index (χ1v) is 4.59. The minimum absolute atomic E-state index is 0.0752. The Morgan fingerprint density at radius 3 is 2.83 bits per heavy atom. The molecule has 3 aliphatic rings. The summed E-state index contributed by atoms with van der Waals surface area (Å²) in [6.45, 7) is 3.40. The fourth-order valence-corrected chi connectivity index (χ4v) is 2.50.